The SMILES string of the molecule is Cc1ccc(NC(=O)[C@H]2OCCc3ccccc32)cc1C. The first-order chi connectivity index (χ1) is 10.1. The Kier molecular flexibility index (Phi) is 3.76. The summed E-state index contributed by atoms with van der Waals surface area (Å²) in [4.78, 5) is 12.5. The molecule has 1 aliphatic heterocycles. The van der Waals surface area contributed by atoms with E-state index in [1.54, 1.807) is 0 Å². The molecular formula is C18H19NO2. The molecule has 0 bridgehead atoms. The maximum Gasteiger partial charge on any atom is 0.258 e. The number of aryl methyl sites for hydroxylation is 2. The van der Waals surface area contributed by atoms with Crippen LogP contribution < -0.4 is 5.32 Å². The van der Waals surface area contributed by atoms with Crippen LogP contribution in [0.3, 0.4) is 0 Å². The van der Waals surface area contributed by atoms with Crippen molar-refractivity contribution in [2.45, 2.75) is 26.4 Å². The summed E-state index contributed by atoms with van der Waals surface area (Å²) in [6.07, 6.45) is 0.348. The molecule has 0 fully saturated rings. The highest BCUT2D eigenvalue weighted by Gasteiger charge is 2.27. The van der Waals surface area contributed by atoms with Gasteiger partial charge in [-0.25, -0.2) is 0 Å². The summed E-state index contributed by atoms with van der Waals surface area (Å²) in [7, 11) is 0. The molecule has 0 saturated carbocycles. The Bertz CT molecular complexity index is 679. The number of fused-ring (bicyclic) bond motifs is 1. The molecule has 0 radical (unpaired) electrons. The fourth-order valence-electron chi connectivity index (χ4n) is 2.64. The Balaban J connectivity index is 1.81. The maximum absolute atomic E-state index is 12.5. The summed E-state index contributed by atoms with van der Waals surface area (Å²) in [6.45, 7) is 4.68. The Morgan fingerprint density at radius 2 is 1.95 bits per heavy atom. The molecular weight excluding hydrogens is 262 g/mol. The van der Waals surface area contributed by atoms with Crippen LogP contribution in [0.1, 0.15) is 28.4 Å². The van der Waals surface area contributed by atoms with Gasteiger partial charge in [0.05, 0.1) is 6.61 Å². The zero-order valence-corrected chi connectivity index (χ0v) is 12.3. The summed E-state index contributed by atoms with van der Waals surface area (Å²) in [5.41, 5.74) is 5.37. The normalized spacial score (nSPS) is 17.1. The van der Waals surface area contributed by atoms with Gasteiger partial charge in [0.15, 0.2) is 6.10 Å². The number of nitrogens with one attached hydrogen (secondary N) is 1. The van der Waals surface area contributed by atoms with Gasteiger partial charge in [-0.05, 0) is 54.7 Å². The lowest BCUT2D eigenvalue weighted by molar-refractivity contribution is -0.128. The minimum atomic E-state index is -0.517. The number of carbonyl (C=O) groups is 1. The van der Waals surface area contributed by atoms with E-state index in [0.29, 0.717) is 6.61 Å². The van der Waals surface area contributed by atoms with E-state index in [9.17, 15) is 4.79 Å². The minimum Gasteiger partial charge on any atom is -0.363 e. The number of benzene rings is 2. The van der Waals surface area contributed by atoms with E-state index in [1.807, 2.05) is 43.3 Å². The van der Waals surface area contributed by atoms with Crippen molar-refractivity contribution in [3.05, 3.63) is 64.7 Å². The molecule has 0 spiro atoms. The zero-order chi connectivity index (χ0) is 14.8. The average molecular weight is 281 g/mol. The monoisotopic (exact) mass is 281 g/mol. The van der Waals surface area contributed by atoms with Crippen molar-refractivity contribution in [3.63, 3.8) is 0 Å². The third-order valence-electron chi connectivity index (χ3n) is 4.01. The summed E-state index contributed by atoms with van der Waals surface area (Å²) < 4.78 is 5.68. The van der Waals surface area contributed by atoms with Crippen LogP contribution in [-0.2, 0) is 16.0 Å². The minimum absolute atomic E-state index is 0.106. The fourth-order valence-corrected chi connectivity index (χ4v) is 2.64. The van der Waals surface area contributed by atoms with Gasteiger partial charge in [0.2, 0.25) is 0 Å². The number of carbonyl (C=O) groups excluding carboxylic acids is 1. The summed E-state index contributed by atoms with van der Waals surface area (Å²) in [5, 5.41) is 2.96. The van der Waals surface area contributed by atoms with Crippen molar-refractivity contribution >= 4 is 11.6 Å². The largest absolute Gasteiger partial charge is 0.363 e. The van der Waals surface area contributed by atoms with E-state index >= 15 is 0 Å². The number of anilines is 1. The van der Waals surface area contributed by atoms with Crippen LogP contribution >= 0.6 is 0 Å². The predicted molar refractivity (Wildman–Crippen MR) is 83.4 cm³/mol. The van der Waals surface area contributed by atoms with E-state index in [1.165, 1.54) is 11.1 Å². The lowest BCUT2D eigenvalue weighted by Crippen LogP contribution is -2.28. The lowest BCUT2D eigenvalue weighted by atomic mass is 9.97. The van der Waals surface area contributed by atoms with E-state index < -0.39 is 6.10 Å². The summed E-state index contributed by atoms with van der Waals surface area (Å²) in [5.74, 6) is -0.106. The molecule has 21 heavy (non-hydrogen) atoms. The molecule has 1 atom stereocenters. The second-order valence-electron chi connectivity index (χ2n) is 5.49. The van der Waals surface area contributed by atoms with Gasteiger partial charge in [-0.2, -0.15) is 0 Å². The average Bonchev–Trinajstić information content (AvgIpc) is 2.50. The molecule has 3 nitrogen and oxygen atoms in total. The molecule has 2 aromatic carbocycles. The molecule has 108 valence electrons. The van der Waals surface area contributed by atoms with Crippen LogP contribution in [0.25, 0.3) is 0 Å². The predicted octanol–water partition coefficient (Wildman–Crippen LogP) is 3.56. The second-order valence-corrected chi connectivity index (χ2v) is 5.49. The van der Waals surface area contributed by atoms with Crippen LogP contribution in [0.5, 0.6) is 0 Å². The van der Waals surface area contributed by atoms with Crippen LogP contribution in [-0.4, -0.2) is 12.5 Å². The second kappa shape index (κ2) is 5.70. The van der Waals surface area contributed by atoms with E-state index in [2.05, 4.69) is 18.3 Å². The van der Waals surface area contributed by atoms with Gasteiger partial charge in [-0.1, -0.05) is 30.3 Å². The highest BCUT2D eigenvalue weighted by Crippen LogP contribution is 2.28. The van der Waals surface area contributed by atoms with Crippen molar-refractivity contribution in [1.29, 1.82) is 0 Å². The van der Waals surface area contributed by atoms with Crippen molar-refractivity contribution in [2.75, 3.05) is 11.9 Å². The Morgan fingerprint density at radius 3 is 2.76 bits per heavy atom. The summed E-state index contributed by atoms with van der Waals surface area (Å²) >= 11 is 0. The van der Waals surface area contributed by atoms with Gasteiger partial charge in [0, 0.05) is 5.69 Å². The molecule has 3 rings (SSSR count). The lowest BCUT2D eigenvalue weighted by Gasteiger charge is -2.25. The maximum atomic E-state index is 12.5. The van der Waals surface area contributed by atoms with Crippen LogP contribution in [0.2, 0.25) is 0 Å². The van der Waals surface area contributed by atoms with Gasteiger partial charge in [-0.3, -0.25) is 4.79 Å². The van der Waals surface area contributed by atoms with Gasteiger partial charge >= 0.3 is 0 Å². The highest BCUT2D eigenvalue weighted by molar-refractivity contribution is 5.95. The number of hydrogen-bond donors (Lipinski definition) is 1. The first-order valence-electron chi connectivity index (χ1n) is 7.22. The molecule has 1 aliphatic rings. The Hall–Kier alpha value is -2.13. The van der Waals surface area contributed by atoms with E-state index in [0.717, 1.165) is 23.2 Å². The molecule has 0 unspecified atom stereocenters. The molecule has 1 amide bonds. The van der Waals surface area contributed by atoms with E-state index in [4.69, 9.17) is 4.74 Å². The first-order valence-corrected chi connectivity index (χ1v) is 7.22. The third-order valence-corrected chi connectivity index (χ3v) is 4.01. The van der Waals surface area contributed by atoms with Gasteiger partial charge in [0.25, 0.3) is 5.91 Å². The zero-order valence-electron chi connectivity index (χ0n) is 12.3. The molecule has 1 N–H and O–H groups in total. The van der Waals surface area contributed by atoms with Crippen LogP contribution in [0.4, 0.5) is 5.69 Å². The number of hydrogen-bond acceptors (Lipinski definition) is 2. The first kappa shape index (κ1) is 13.8. The number of rotatable bonds is 2. The highest BCUT2D eigenvalue weighted by atomic mass is 16.5. The molecule has 2 aromatic rings. The van der Waals surface area contributed by atoms with Crippen molar-refractivity contribution < 1.29 is 9.53 Å². The smallest absolute Gasteiger partial charge is 0.258 e. The van der Waals surface area contributed by atoms with Gasteiger partial charge in [0.1, 0.15) is 0 Å². The van der Waals surface area contributed by atoms with Crippen molar-refractivity contribution in [2.24, 2.45) is 0 Å². The fraction of sp³-hybridized carbons (Fsp3) is 0.278. The quantitative estimate of drug-likeness (QED) is 0.914. The standard InChI is InChI=1S/C18H19NO2/c1-12-7-8-15(11-13(12)2)19-18(20)17-16-6-4-3-5-14(16)9-10-21-17/h3-8,11,17H,9-10H2,1-2H3,(H,19,20)/t17-/m0/s1. The molecule has 0 aliphatic carbocycles. The molecule has 0 saturated heterocycles. The topological polar surface area (TPSA) is 38.3 Å². The number of amides is 1. The third kappa shape index (κ3) is 2.83. The molecule has 3 heteroatoms. The van der Waals surface area contributed by atoms with Crippen LogP contribution in [0.15, 0.2) is 42.5 Å². The van der Waals surface area contributed by atoms with Crippen molar-refractivity contribution in [1.82, 2.24) is 0 Å². The van der Waals surface area contributed by atoms with E-state index in [-0.39, 0.29) is 5.91 Å². The summed E-state index contributed by atoms with van der Waals surface area (Å²) in [6, 6.07) is 13.9. The Morgan fingerprint density at radius 1 is 1.14 bits per heavy atom. The van der Waals surface area contributed by atoms with Crippen LogP contribution in [0, 0.1) is 13.8 Å². The molecule has 1 heterocycles. The van der Waals surface area contributed by atoms with Crippen molar-refractivity contribution in [3.8, 4) is 0 Å². The van der Waals surface area contributed by atoms with Gasteiger partial charge in [-0.15, -0.1) is 0 Å². The number of ether oxygens (including phenoxy) is 1. The molecule has 0 aromatic heterocycles. The Labute approximate surface area is 124 Å². The van der Waals surface area contributed by atoms with Gasteiger partial charge < -0.3 is 10.1 Å².